The summed E-state index contributed by atoms with van der Waals surface area (Å²) in [4.78, 5) is 73.2. The summed E-state index contributed by atoms with van der Waals surface area (Å²) >= 11 is 0. The molecule has 0 unspecified atom stereocenters. The van der Waals surface area contributed by atoms with Crippen LogP contribution in [0.5, 0.6) is 0 Å². The van der Waals surface area contributed by atoms with Gasteiger partial charge < -0.3 is 24.3 Å². The van der Waals surface area contributed by atoms with Gasteiger partial charge in [-0.3, -0.25) is 24.6 Å². The van der Waals surface area contributed by atoms with Gasteiger partial charge in [-0.2, -0.15) is 0 Å². The van der Waals surface area contributed by atoms with Gasteiger partial charge in [0.25, 0.3) is 17.5 Å². The summed E-state index contributed by atoms with van der Waals surface area (Å²) in [5.74, 6) is -3.23. The summed E-state index contributed by atoms with van der Waals surface area (Å²) in [5.41, 5.74) is 0.568. The predicted molar refractivity (Wildman–Crippen MR) is 126 cm³/mol. The number of alkyl carbamates (subject to hydrolysis) is 1. The third-order valence-electron chi connectivity index (χ3n) is 5.47. The summed E-state index contributed by atoms with van der Waals surface area (Å²) in [5, 5.41) is 13.0. The Morgan fingerprint density at radius 2 is 1.50 bits per heavy atom. The SMILES string of the molecule is COC(=O)[C@H](COC[C@@H](C(=O)OC)N1C(=O)c2ccccc2C1=O)NC(=O)OCc1ccc([N+](=O)[O-])cc1. The lowest BCUT2D eigenvalue weighted by atomic mass is 10.1. The molecule has 0 radical (unpaired) electrons. The Bertz CT molecular complexity index is 1210. The number of rotatable bonds is 11. The molecule has 0 saturated heterocycles. The Hall–Kier alpha value is -4.85. The molecule has 2 atom stereocenters. The Labute approximate surface area is 215 Å². The van der Waals surface area contributed by atoms with Crippen LogP contribution in [0.15, 0.2) is 48.5 Å². The number of nitro benzene ring substituents is 1. The molecular formula is C24H23N3O11. The van der Waals surface area contributed by atoms with Crippen LogP contribution in [-0.2, 0) is 35.1 Å². The van der Waals surface area contributed by atoms with E-state index in [1.165, 1.54) is 36.4 Å². The van der Waals surface area contributed by atoms with E-state index in [-0.39, 0.29) is 23.4 Å². The highest BCUT2D eigenvalue weighted by atomic mass is 16.6. The monoisotopic (exact) mass is 529 g/mol. The number of fused-ring (bicyclic) bond motifs is 1. The lowest BCUT2D eigenvalue weighted by Gasteiger charge is -2.24. The van der Waals surface area contributed by atoms with Gasteiger partial charge in [-0.15, -0.1) is 0 Å². The van der Waals surface area contributed by atoms with Gasteiger partial charge in [-0.05, 0) is 29.8 Å². The number of nitro groups is 1. The van der Waals surface area contributed by atoms with E-state index < -0.39 is 60.1 Å². The number of carbonyl (C=O) groups excluding carboxylic acids is 5. The Balaban J connectivity index is 1.60. The van der Waals surface area contributed by atoms with Crippen LogP contribution in [0.1, 0.15) is 26.3 Å². The first-order valence-electron chi connectivity index (χ1n) is 11.0. The van der Waals surface area contributed by atoms with Crippen molar-refractivity contribution in [2.24, 2.45) is 0 Å². The average molecular weight is 529 g/mol. The fraction of sp³-hybridized carbons (Fsp3) is 0.292. The largest absolute Gasteiger partial charge is 0.467 e. The molecule has 1 aliphatic rings. The van der Waals surface area contributed by atoms with Crippen LogP contribution in [0, 0.1) is 10.1 Å². The lowest BCUT2D eigenvalue weighted by Crippen LogP contribution is -2.50. The predicted octanol–water partition coefficient (Wildman–Crippen LogP) is 1.22. The number of ether oxygens (including phenoxy) is 4. The van der Waals surface area contributed by atoms with E-state index in [4.69, 9.17) is 14.2 Å². The molecule has 2 aromatic rings. The maximum atomic E-state index is 12.8. The Morgan fingerprint density at radius 1 is 0.921 bits per heavy atom. The van der Waals surface area contributed by atoms with Crippen molar-refractivity contribution in [3.63, 3.8) is 0 Å². The molecule has 38 heavy (non-hydrogen) atoms. The molecule has 0 fully saturated rings. The highest BCUT2D eigenvalue weighted by Gasteiger charge is 2.43. The fourth-order valence-corrected chi connectivity index (χ4v) is 3.53. The number of hydrogen-bond donors (Lipinski definition) is 1. The normalized spacial score (nSPS) is 13.8. The molecule has 0 bridgehead atoms. The van der Waals surface area contributed by atoms with Crippen LogP contribution in [0.3, 0.4) is 0 Å². The minimum Gasteiger partial charge on any atom is -0.467 e. The molecule has 3 amide bonds. The molecule has 14 nitrogen and oxygen atoms in total. The van der Waals surface area contributed by atoms with E-state index >= 15 is 0 Å². The van der Waals surface area contributed by atoms with Crippen LogP contribution in [0.4, 0.5) is 10.5 Å². The first-order valence-corrected chi connectivity index (χ1v) is 11.0. The van der Waals surface area contributed by atoms with E-state index in [9.17, 15) is 34.1 Å². The van der Waals surface area contributed by atoms with Crippen molar-refractivity contribution in [2.45, 2.75) is 18.7 Å². The molecular weight excluding hydrogens is 506 g/mol. The number of hydrogen-bond acceptors (Lipinski definition) is 11. The van der Waals surface area contributed by atoms with Gasteiger partial charge in [-0.1, -0.05) is 12.1 Å². The fourth-order valence-electron chi connectivity index (χ4n) is 3.53. The molecule has 2 aromatic carbocycles. The van der Waals surface area contributed by atoms with Crippen LogP contribution in [0.25, 0.3) is 0 Å². The zero-order chi connectivity index (χ0) is 27.8. The highest BCUT2D eigenvalue weighted by Crippen LogP contribution is 2.25. The van der Waals surface area contributed by atoms with E-state index in [1.807, 2.05) is 0 Å². The number of esters is 2. The number of nitrogens with one attached hydrogen (secondary N) is 1. The quantitative estimate of drug-likeness (QED) is 0.145. The number of imide groups is 1. The van der Waals surface area contributed by atoms with Crippen molar-refractivity contribution >= 4 is 35.5 Å². The molecule has 3 rings (SSSR count). The maximum Gasteiger partial charge on any atom is 0.408 e. The van der Waals surface area contributed by atoms with E-state index in [2.05, 4.69) is 10.1 Å². The first kappa shape index (κ1) is 27.7. The van der Waals surface area contributed by atoms with Crippen molar-refractivity contribution in [1.82, 2.24) is 10.2 Å². The molecule has 0 aliphatic carbocycles. The van der Waals surface area contributed by atoms with Crippen molar-refractivity contribution in [1.29, 1.82) is 0 Å². The number of methoxy groups -OCH3 is 2. The van der Waals surface area contributed by atoms with Crippen molar-refractivity contribution in [3.8, 4) is 0 Å². The maximum absolute atomic E-state index is 12.8. The molecule has 0 saturated carbocycles. The second-order valence-corrected chi connectivity index (χ2v) is 7.82. The summed E-state index contributed by atoms with van der Waals surface area (Å²) in [6.45, 7) is -1.29. The van der Waals surface area contributed by atoms with Gasteiger partial charge in [0.1, 0.15) is 6.61 Å². The van der Waals surface area contributed by atoms with Crippen molar-refractivity contribution < 1.29 is 47.8 Å². The molecule has 1 heterocycles. The third kappa shape index (κ3) is 6.28. The molecule has 1 N–H and O–H groups in total. The highest BCUT2D eigenvalue weighted by molar-refractivity contribution is 6.22. The molecule has 14 heteroatoms. The second-order valence-electron chi connectivity index (χ2n) is 7.82. The van der Waals surface area contributed by atoms with Gasteiger partial charge in [0.15, 0.2) is 12.1 Å². The van der Waals surface area contributed by atoms with Gasteiger partial charge >= 0.3 is 18.0 Å². The number of amides is 3. The number of nitrogens with zero attached hydrogens (tertiary/aromatic N) is 2. The van der Waals surface area contributed by atoms with Gasteiger partial charge in [0.05, 0.1) is 43.5 Å². The van der Waals surface area contributed by atoms with Gasteiger partial charge in [0, 0.05) is 12.1 Å². The second kappa shape index (κ2) is 12.4. The van der Waals surface area contributed by atoms with Crippen LogP contribution >= 0.6 is 0 Å². The van der Waals surface area contributed by atoms with E-state index in [0.717, 1.165) is 19.1 Å². The van der Waals surface area contributed by atoms with E-state index in [1.54, 1.807) is 12.1 Å². The van der Waals surface area contributed by atoms with Crippen LogP contribution in [0.2, 0.25) is 0 Å². The van der Waals surface area contributed by atoms with Crippen molar-refractivity contribution in [3.05, 3.63) is 75.3 Å². The molecule has 1 aliphatic heterocycles. The van der Waals surface area contributed by atoms with Crippen LogP contribution < -0.4 is 5.32 Å². The van der Waals surface area contributed by atoms with Gasteiger partial charge in [0.2, 0.25) is 0 Å². The molecule has 0 spiro atoms. The topological polar surface area (TPSA) is 181 Å². The minimum absolute atomic E-state index is 0.122. The number of benzene rings is 2. The zero-order valence-electron chi connectivity index (χ0n) is 20.3. The summed E-state index contributed by atoms with van der Waals surface area (Å²) < 4.78 is 19.8. The van der Waals surface area contributed by atoms with Crippen molar-refractivity contribution in [2.75, 3.05) is 27.4 Å². The number of non-ortho nitro benzene ring substituents is 1. The number of carbonyl (C=O) groups is 5. The van der Waals surface area contributed by atoms with Gasteiger partial charge in [-0.25, -0.2) is 14.4 Å². The van der Waals surface area contributed by atoms with E-state index in [0.29, 0.717) is 5.56 Å². The third-order valence-corrected chi connectivity index (χ3v) is 5.47. The summed E-state index contributed by atoms with van der Waals surface area (Å²) in [6, 6.07) is 8.51. The zero-order valence-corrected chi connectivity index (χ0v) is 20.3. The average Bonchev–Trinajstić information content (AvgIpc) is 3.18. The Morgan fingerprint density at radius 3 is 2.03 bits per heavy atom. The summed E-state index contributed by atoms with van der Waals surface area (Å²) in [7, 11) is 2.16. The van der Waals surface area contributed by atoms with Crippen LogP contribution in [-0.4, -0.2) is 79.2 Å². The molecule has 0 aromatic heterocycles. The standard InChI is InChI=1S/C24H23N3O11/c1-35-22(30)18(25-24(32)38-11-14-7-9-15(10-8-14)27(33)34)12-37-13-19(23(31)36-2)26-20(28)16-5-3-4-6-17(16)21(26)29/h3-10,18-19H,11-13H2,1-2H3,(H,25,32)/t18-,19-/m0/s1. The lowest BCUT2D eigenvalue weighted by molar-refractivity contribution is -0.384. The smallest absolute Gasteiger partial charge is 0.408 e. The Kier molecular flexibility index (Phi) is 9.05. The minimum atomic E-state index is -1.46. The first-order chi connectivity index (χ1) is 18.2. The summed E-state index contributed by atoms with van der Waals surface area (Å²) in [6.07, 6.45) is -1.02. The molecule has 200 valence electrons.